The minimum absolute atomic E-state index is 0.520. The average Bonchev–Trinajstić information content (AvgIpc) is 2.31. The fraction of sp³-hybridized carbons (Fsp3) is 0.385. The quantitative estimate of drug-likeness (QED) is 0.610. The molecule has 2 rings (SSSR count). The van der Waals surface area contributed by atoms with Crippen LogP contribution in [0.25, 0.3) is 0 Å². The molecule has 1 N–H and O–H groups in total. The number of anilines is 1. The minimum Gasteiger partial charge on any atom is -0.378 e. The molecule has 1 aromatic carbocycles. The predicted octanol–water partition coefficient (Wildman–Crippen LogP) is 3.93. The molecule has 15 heavy (non-hydrogen) atoms. The zero-order valence-electron chi connectivity index (χ0n) is 9.07. The Labute approximate surface area is 96.0 Å². The maximum atomic E-state index is 3.59. The molecule has 2 heteroatoms. The van der Waals surface area contributed by atoms with Gasteiger partial charge in [0.1, 0.15) is 0 Å². The number of thioether (sulfide) groups is 1. The van der Waals surface area contributed by atoms with Crippen molar-refractivity contribution in [2.75, 3.05) is 11.6 Å². The van der Waals surface area contributed by atoms with Crippen molar-refractivity contribution < 1.29 is 0 Å². The van der Waals surface area contributed by atoms with Crippen molar-refractivity contribution in [2.24, 2.45) is 0 Å². The van der Waals surface area contributed by atoms with Crippen molar-refractivity contribution in [3.05, 3.63) is 36.4 Å². The van der Waals surface area contributed by atoms with Crippen molar-refractivity contribution >= 4 is 17.4 Å². The van der Waals surface area contributed by atoms with Crippen molar-refractivity contribution in [3.8, 4) is 0 Å². The van der Waals surface area contributed by atoms with E-state index in [4.69, 9.17) is 0 Å². The van der Waals surface area contributed by atoms with Crippen LogP contribution in [-0.2, 0) is 0 Å². The number of rotatable bonds is 3. The lowest BCUT2D eigenvalue weighted by Crippen LogP contribution is -2.18. The lowest BCUT2D eigenvalue weighted by Gasteiger charge is -2.20. The van der Waals surface area contributed by atoms with E-state index in [1.54, 1.807) is 11.8 Å². The molecule has 1 aliphatic rings. The van der Waals surface area contributed by atoms with E-state index in [-0.39, 0.29) is 0 Å². The van der Waals surface area contributed by atoms with E-state index in [0.717, 1.165) is 0 Å². The molecule has 80 valence electrons. The molecule has 0 aliphatic heterocycles. The summed E-state index contributed by atoms with van der Waals surface area (Å²) in [5.41, 5.74) is 1.27. The molecular formula is C13H17NS. The second-order valence-corrected chi connectivity index (χ2v) is 4.66. The van der Waals surface area contributed by atoms with Crippen LogP contribution in [0.2, 0.25) is 0 Å². The highest BCUT2D eigenvalue weighted by molar-refractivity contribution is 7.98. The van der Waals surface area contributed by atoms with Gasteiger partial charge in [0.25, 0.3) is 0 Å². The highest BCUT2D eigenvalue weighted by Crippen LogP contribution is 2.26. The minimum atomic E-state index is 0.520. The van der Waals surface area contributed by atoms with Gasteiger partial charge in [-0.2, -0.15) is 0 Å². The van der Waals surface area contributed by atoms with Crippen LogP contribution in [-0.4, -0.2) is 12.3 Å². The third-order valence-electron chi connectivity index (χ3n) is 2.70. The van der Waals surface area contributed by atoms with Crippen molar-refractivity contribution in [1.82, 2.24) is 0 Å². The number of hydrogen-bond donors (Lipinski definition) is 1. The fourth-order valence-corrected chi connectivity index (χ4v) is 2.46. The van der Waals surface area contributed by atoms with E-state index in [0.29, 0.717) is 6.04 Å². The summed E-state index contributed by atoms with van der Waals surface area (Å²) in [4.78, 5) is 1.33. The van der Waals surface area contributed by atoms with Gasteiger partial charge in [0.15, 0.2) is 0 Å². The normalized spacial score (nSPS) is 20.2. The fourth-order valence-electron chi connectivity index (χ4n) is 1.90. The zero-order valence-corrected chi connectivity index (χ0v) is 9.89. The first-order valence-electron chi connectivity index (χ1n) is 5.46. The van der Waals surface area contributed by atoms with Gasteiger partial charge in [0, 0.05) is 16.6 Å². The summed E-state index contributed by atoms with van der Waals surface area (Å²) in [6.07, 6.45) is 10.5. The number of nitrogens with one attached hydrogen (secondary N) is 1. The Bertz CT molecular complexity index is 346. The second-order valence-electron chi connectivity index (χ2n) is 3.81. The van der Waals surface area contributed by atoms with Gasteiger partial charge < -0.3 is 5.32 Å². The van der Waals surface area contributed by atoms with Gasteiger partial charge in [0.05, 0.1) is 0 Å². The molecule has 0 bridgehead atoms. The maximum Gasteiger partial charge on any atom is 0.0482 e. The maximum absolute atomic E-state index is 3.59. The third-order valence-corrected chi connectivity index (χ3v) is 3.50. The summed E-state index contributed by atoms with van der Waals surface area (Å²) < 4.78 is 0. The Morgan fingerprint density at radius 2 is 2.20 bits per heavy atom. The van der Waals surface area contributed by atoms with Gasteiger partial charge in [-0.05, 0) is 37.7 Å². The van der Waals surface area contributed by atoms with Gasteiger partial charge in [0.2, 0.25) is 0 Å². The number of para-hydroxylation sites is 1. The summed E-state index contributed by atoms with van der Waals surface area (Å²) in [6.45, 7) is 0. The van der Waals surface area contributed by atoms with E-state index in [9.17, 15) is 0 Å². The molecule has 0 fully saturated rings. The lowest BCUT2D eigenvalue weighted by molar-refractivity contribution is 0.672. The topological polar surface area (TPSA) is 12.0 Å². The number of hydrogen-bond acceptors (Lipinski definition) is 2. The molecule has 1 unspecified atom stereocenters. The molecule has 0 heterocycles. The highest BCUT2D eigenvalue weighted by atomic mass is 32.2. The van der Waals surface area contributed by atoms with Crippen LogP contribution < -0.4 is 5.32 Å². The van der Waals surface area contributed by atoms with Crippen LogP contribution in [0.1, 0.15) is 19.3 Å². The Kier molecular flexibility index (Phi) is 3.73. The largest absolute Gasteiger partial charge is 0.378 e. The summed E-state index contributed by atoms with van der Waals surface area (Å²) in [6, 6.07) is 9.03. The summed E-state index contributed by atoms with van der Waals surface area (Å²) >= 11 is 1.80. The van der Waals surface area contributed by atoms with Gasteiger partial charge in [-0.15, -0.1) is 11.8 Å². The summed E-state index contributed by atoms with van der Waals surface area (Å²) in [7, 11) is 0. The third kappa shape index (κ3) is 2.78. The molecule has 1 aromatic rings. The zero-order chi connectivity index (χ0) is 10.5. The SMILES string of the molecule is CSc1ccccc1NC1C=CCCC1. The van der Waals surface area contributed by atoms with Gasteiger partial charge >= 0.3 is 0 Å². The molecule has 0 saturated heterocycles. The Balaban J connectivity index is 2.09. The van der Waals surface area contributed by atoms with Crippen LogP contribution in [0, 0.1) is 0 Å². The first kappa shape index (κ1) is 10.6. The van der Waals surface area contributed by atoms with Crippen LogP contribution in [0.15, 0.2) is 41.3 Å². The van der Waals surface area contributed by atoms with Crippen LogP contribution in [0.3, 0.4) is 0 Å². The first-order valence-corrected chi connectivity index (χ1v) is 6.69. The molecule has 1 nitrogen and oxygen atoms in total. The first-order chi connectivity index (χ1) is 7.40. The molecule has 1 aliphatic carbocycles. The Morgan fingerprint density at radius 1 is 1.33 bits per heavy atom. The molecule has 0 radical (unpaired) electrons. The average molecular weight is 219 g/mol. The second kappa shape index (κ2) is 5.26. The predicted molar refractivity (Wildman–Crippen MR) is 68.6 cm³/mol. The van der Waals surface area contributed by atoms with E-state index < -0.39 is 0 Å². The standard InChI is InChI=1S/C13H17NS/c1-15-13-10-6-5-9-12(13)14-11-7-3-2-4-8-11/h3,5-7,9-11,14H,2,4,8H2,1H3. The van der Waals surface area contributed by atoms with Crippen molar-refractivity contribution in [1.29, 1.82) is 0 Å². The molecule has 0 amide bonds. The van der Waals surface area contributed by atoms with Crippen molar-refractivity contribution in [3.63, 3.8) is 0 Å². The van der Waals surface area contributed by atoms with Crippen molar-refractivity contribution in [2.45, 2.75) is 30.2 Å². The lowest BCUT2D eigenvalue weighted by atomic mass is 10.0. The monoisotopic (exact) mass is 219 g/mol. The van der Waals surface area contributed by atoms with E-state index >= 15 is 0 Å². The number of benzene rings is 1. The van der Waals surface area contributed by atoms with Gasteiger partial charge in [-0.1, -0.05) is 24.3 Å². The summed E-state index contributed by atoms with van der Waals surface area (Å²) in [5, 5.41) is 3.59. The highest BCUT2D eigenvalue weighted by Gasteiger charge is 2.09. The van der Waals surface area contributed by atoms with E-state index in [1.165, 1.54) is 29.8 Å². The smallest absolute Gasteiger partial charge is 0.0482 e. The molecular weight excluding hydrogens is 202 g/mol. The molecule has 0 saturated carbocycles. The van der Waals surface area contributed by atoms with Crippen LogP contribution in [0.4, 0.5) is 5.69 Å². The number of allylic oxidation sites excluding steroid dienone is 1. The molecule has 0 aromatic heterocycles. The van der Waals surface area contributed by atoms with Gasteiger partial charge in [-0.3, -0.25) is 0 Å². The van der Waals surface area contributed by atoms with Crippen LogP contribution >= 0.6 is 11.8 Å². The Morgan fingerprint density at radius 3 is 2.93 bits per heavy atom. The van der Waals surface area contributed by atoms with Gasteiger partial charge in [-0.25, -0.2) is 0 Å². The van der Waals surface area contributed by atoms with E-state index in [1.807, 2.05) is 0 Å². The van der Waals surface area contributed by atoms with E-state index in [2.05, 4.69) is 48.0 Å². The molecule has 0 spiro atoms. The Hall–Kier alpha value is -0.890. The summed E-state index contributed by atoms with van der Waals surface area (Å²) in [5.74, 6) is 0. The molecule has 1 atom stereocenters. The van der Waals surface area contributed by atoms with Crippen LogP contribution in [0.5, 0.6) is 0 Å².